The van der Waals surface area contributed by atoms with Crippen molar-refractivity contribution in [2.75, 3.05) is 4.90 Å². The minimum atomic E-state index is -1.38. The number of carbonyl (C=O) groups is 2. The number of anilines is 1. The lowest BCUT2D eigenvalue weighted by atomic mass is 9.86. The van der Waals surface area contributed by atoms with Gasteiger partial charge in [-0.1, -0.05) is 106 Å². The average Bonchev–Trinajstić information content (AvgIpc) is 3.25. The molecule has 0 saturated heterocycles. The predicted molar refractivity (Wildman–Crippen MR) is 141 cm³/mol. The molecule has 6 heteroatoms. The fraction of sp³-hybridized carbons (Fsp3) is 0.379. The maximum absolute atomic E-state index is 13.8. The number of carbonyl (C=O) groups excluding carboxylic acids is 1. The maximum Gasteiger partial charge on any atom is 0.512 e. The largest absolute Gasteiger partial charge is 0.512 e. The van der Waals surface area contributed by atoms with Gasteiger partial charge in [-0.05, 0) is 41.0 Å². The van der Waals surface area contributed by atoms with Crippen LogP contribution in [0.1, 0.15) is 64.0 Å². The lowest BCUT2D eigenvalue weighted by Crippen LogP contribution is -2.36. The Labute approximate surface area is 211 Å². The molecule has 5 nitrogen and oxygen atoms in total. The van der Waals surface area contributed by atoms with Gasteiger partial charge in [-0.15, -0.1) is 0 Å². The molecule has 1 aromatic heterocycles. The topological polar surface area (TPSA) is 66.8 Å². The number of nitrogens with zero attached hydrogens (tertiary/aromatic N) is 1. The second-order valence-corrected chi connectivity index (χ2v) is 11.2. The Morgan fingerprint density at radius 3 is 2.26 bits per heavy atom. The highest BCUT2D eigenvalue weighted by molar-refractivity contribution is 7.18. The predicted octanol–water partition coefficient (Wildman–Crippen LogP) is 7.88. The molecule has 1 heterocycles. The van der Waals surface area contributed by atoms with Gasteiger partial charge < -0.3 is 14.7 Å². The minimum absolute atomic E-state index is 0.0383. The van der Waals surface area contributed by atoms with Gasteiger partial charge in [0.2, 0.25) is 11.0 Å². The van der Waals surface area contributed by atoms with Crippen LogP contribution in [0.4, 0.5) is 10.5 Å². The third kappa shape index (κ3) is 6.12. The summed E-state index contributed by atoms with van der Waals surface area (Å²) in [5.74, 6) is -0.0207. The van der Waals surface area contributed by atoms with Crippen molar-refractivity contribution in [3.05, 3.63) is 71.8 Å². The number of amides is 1. The van der Waals surface area contributed by atoms with Gasteiger partial charge in [0.05, 0.1) is 12.2 Å². The summed E-state index contributed by atoms with van der Waals surface area (Å²) in [7, 11) is 0. The van der Waals surface area contributed by atoms with Crippen LogP contribution in [-0.4, -0.2) is 17.2 Å². The molecule has 0 atom stereocenters. The first-order valence-corrected chi connectivity index (χ1v) is 13.0. The van der Waals surface area contributed by atoms with Crippen molar-refractivity contribution in [3.63, 3.8) is 0 Å². The number of hydrogen-bond acceptors (Lipinski definition) is 4. The van der Waals surface area contributed by atoms with Gasteiger partial charge in [0.15, 0.2) is 0 Å². The zero-order valence-electron chi connectivity index (χ0n) is 20.6. The summed E-state index contributed by atoms with van der Waals surface area (Å²) in [6, 6.07) is 20.0. The molecule has 1 fully saturated rings. The summed E-state index contributed by atoms with van der Waals surface area (Å²) >= 11 is 1.25. The number of hydrogen-bond donors (Lipinski definition) is 1. The normalized spacial score (nSPS) is 14.5. The van der Waals surface area contributed by atoms with Crippen LogP contribution in [0.5, 0.6) is 5.06 Å². The molecule has 1 saturated carbocycles. The highest BCUT2D eigenvalue weighted by Crippen LogP contribution is 2.44. The smallest absolute Gasteiger partial charge is 0.449 e. The van der Waals surface area contributed by atoms with Crippen molar-refractivity contribution in [1.82, 2.24) is 0 Å². The summed E-state index contributed by atoms with van der Waals surface area (Å²) in [5, 5.41) is 9.65. The van der Waals surface area contributed by atoms with Crippen molar-refractivity contribution >= 4 is 29.1 Å². The summed E-state index contributed by atoms with van der Waals surface area (Å²) < 4.78 is 5.21. The van der Waals surface area contributed by atoms with E-state index in [4.69, 9.17) is 4.74 Å². The van der Waals surface area contributed by atoms with Gasteiger partial charge >= 0.3 is 6.16 Å². The van der Waals surface area contributed by atoms with E-state index in [2.05, 4.69) is 45.0 Å². The number of benzene rings is 2. The van der Waals surface area contributed by atoms with E-state index in [0.29, 0.717) is 12.2 Å². The zero-order chi connectivity index (χ0) is 25.0. The second kappa shape index (κ2) is 10.6. The Hall–Kier alpha value is -3.12. The fourth-order valence-electron chi connectivity index (χ4n) is 4.59. The highest BCUT2D eigenvalue weighted by atomic mass is 32.1. The first-order valence-electron chi connectivity index (χ1n) is 12.2. The Balaban J connectivity index is 1.74. The van der Waals surface area contributed by atoms with E-state index in [9.17, 15) is 14.7 Å². The summed E-state index contributed by atoms with van der Waals surface area (Å²) in [6.45, 7) is 6.88. The van der Waals surface area contributed by atoms with Crippen molar-refractivity contribution in [2.24, 2.45) is 5.92 Å². The van der Waals surface area contributed by atoms with E-state index in [1.807, 2.05) is 36.4 Å². The van der Waals surface area contributed by atoms with Crippen LogP contribution in [-0.2, 0) is 16.8 Å². The lowest BCUT2D eigenvalue weighted by molar-refractivity contribution is -0.123. The maximum atomic E-state index is 13.8. The average molecular weight is 492 g/mol. The van der Waals surface area contributed by atoms with Gasteiger partial charge in [-0.3, -0.25) is 4.79 Å². The van der Waals surface area contributed by atoms with Gasteiger partial charge in [0, 0.05) is 10.8 Å². The summed E-state index contributed by atoms with van der Waals surface area (Å²) in [5.41, 5.74) is 3.74. The SMILES string of the molecule is CC(C)(C)c1ccc(CN(C(=O)C2CCCCC2)c2cc(-c3ccccc3)sc2OC(=O)O)cc1. The van der Waals surface area contributed by atoms with Crippen LogP contribution in [0.25, 0.3) is 10.4 Å². The number of ether oxygens (including phenoxy) is 1. The monoisotopic (exact) mass is 491 g/mol. The Morgan fingerprint density at radius 1 is 1.00 bits per heavy atom. The molecule has 0 bridgehead atoms. The molecule has 1 aliphatic rings. The quantitative estimate of drug-likeness (QED) is 0.356. The first kappa shape index (κ1) is 25.0. The van der Waals surface area contributed by atoms with Crippen LogP contribution in [0.3, 0.4) is 0 Å². The molecule has 1 N–H and O–H groups in total. The molecule has 0 spiro atoms. The highest BCUT2D eigenvalue weighted by Gasteiger charge is 2.31. The number of rotatable bonds is 6. The van der Waals surface area contributed by atoms with Crippen molar-refractivity contribution < 1.29 is 19.4 Å². The minimum Gasteiger partial charge on any atom is -0.449 e. The third-order valence-corrected chi connectivity index (χ3v) is 7.64. The molecular weight excluding hydrogens is 458 g/mol. The standard InChI is InChI=1S/C29H33NO4S/c1-29(2,3)23-16-14-20(15-17-23)19-30(26(31)22-12-8-5-9-13-22)24-18-25(21-10-6-4-7-11-21)35-27(24)34-28(32)33/h4,6-7,10-11,14-18,22H,5,8-9,12-13,19H2,1-3H3,(H,32,33). The molecular formula is C29H33NO4S. The lowest BCUT2D eigenvalue weighted by Gasteiger charge is -2.29. The van der Waals surface area contributed by atoms with Crippen LogP contribution in [0.2, 0.25) is 0 Å². The van der Waals surface area contributed by atoms with E-state index in [0.717, 1.165) is 48.1 Å². The molecule has 0 aliphatic heterocycles. The van der Waals surface area contributed by atoms with Crippen LogP contribution >= 0.6 is 11.3 Å². The van der Waals surface area contributed by atoms with E-state index in [1.165, 1.54) is 16.9 Å². The Bertz CT molecular complexity index is 1160. The van der Waals surface area contributed by atoms with Crippen molar-refractivity contribution in [3.8, 4) is 15.5 Å². The molecule has 1 amide bonds. The Kier molecular flexibility index (Phi) is 7.60. The number of carboxylic acid groups (broad SMARTS) is 1. The molecule has 35 heavy (non-hydrogen) atoms. The van der Waals surface area contributed by atoms with E-state index >= 15 is 0 Å². The Morgan fingerprint density at radius 2 is 1.66 bits per heavy atom. The van der Waals surface area contributed by atoms with Crippen LogP contribution in [0, 0.1) is 5.92 Å². The van der Waals surface area contributed by atoms with Crippen LogP contribution in [0.15, 0.2) is 60.7 Å². The summed E-state index contributed by atoms with van der Waals surface area (Å²) in [6.07, 6.45) is 3.59. The van der Waals surface area contributed by atoms with E-state index < -0.39 is 6.16 Å². The van der Waals surface area contributed by atoms with Crippen LogP contribution < -0.4 is 9.64 Å². The number of thiophene rings is 1. The second-order valence-electron chi connectivity index (χ2n) is 10.2. The molecule has 0 radical (unpaired) electrons. The van der Waals surface area contributed by atoms with Gasteiger partial charge in [-0.2, -0.15) is 0 Å². The van der Waals surface area contributed by atoms with Gasteiger partial charge in [-0.25, -0.2) is 4.79 Å². The third-order valence-electron chi connectivity index (χ3n) is 6.59. The van der Waals surface area contributed by atoms with E-state index in [1.54, 1.807) is 4.90 Å². The van der Waals surface area contributed by atoms with Gasteiger partial charge in [0.1, 0.15) is 0 Å². The molecule has 4 rings (SSSR count). The van der Waals surface area contributed by atoms with Crippen molar-refractivity contribution in [1.29, 1.82) is 0 Å². The summed E-state index contributed by atoms with van der Waals surface area (Å²) in [4.78, 5) is 28.0. The zero-order valence-corrected chi connectivity index (χ0v) is 21.4. The molecule has 1 aliphatic carbocycles. The first-order chi connectivity index (χ1) is 16.7. The fourth-order valence-corrected chi connectivity index (χ4v) is 5.61. The molecule has 2 aromatic carbocycles. The van der Waals surface area contributed by atoms with Gasteiger partial charge in [0.25, 0.3) is 0 Å². The van der Waals surface area contributed by atoms with Crippen molar-refractivity contribution in [2.45, 2.75) is 64.8 Å². The molecule has 0 unspecified atom stereocenters. The molecule has 184 valence electrons. The van der Waals surface area contributed by atoms with E-state index in [-0.39, 0.29) is 22.3 Å². The molecule has 3 aromatic rings.